The van der Waals surface area contributed by atoms with E-state index in [2.05, 4.69) is 0 Å². The Bertz CT molecular complexity index is 810. The van der Waals surface area contributed by atoms with E-state index in [0.29, 0.717) is 23.6 Å². The topological polar surface area (TPSA) is 85.0 Å². The molecule has 2 atom stereocenters. The number of methoxy groups -OCH3 is 2. The van der Waals surface area contributed by atoms with Gasteiger partial charge in [-0.2, -0.15) is 0 Å². The Morgan fingerprint density at radius 2 is 1.74 bits per heavy atom. The van der Waals surface area contributed by atoms with E-state index in [1.54, 1.807) is 31.3 Å². The molecule has 146 valence electrons. The largest absolute Gasteiger partial charge is 0.496 e. The summed E-state index contributed by atoms with van der Waals surface area (Å²) < 4.78 is 10.8. The monoisotopic (exact) mass is 392 g/mol. The number of β-amino-alcohol motifs (C(OH)–C–C–N with tert-alkyl or cyclic N) is 1. The van der Waals surface area contributed by atoms with Crippen molar-refractivity contribution in [1.82, 2.24) is 4.90 Å². The van der Waals surface area contributed by atoms with E-state index >= 15 is 0 Å². The van der Waals surface area contributed by atoms with E-state index in [1.165, 1.54) is 0 Å². The summed E-state index contributed by atoms with van der Waals surface area (Å²) in [6.45, 7) is 2.45. The molecular formula is C20H25ClN2O4. The second kappa shape index (κ2) is 8.61. The van der Waals surface area contributed by atoms with Crippen molar-refractivity contribution in [3.8, 4) is 11.5 Å². The lowest BCUT2D eigenvalue weighted by molar-refractivity contribution is -0.135. The Morgan fingerprint density at radius 3 is 2.33 bits per heavy atom. The Labute approximate surface area is 165 Å². The summed E-state index contributed by atoms with van der Waals surface area (Å²) in [4.78, 5) is 14.5. The highest BCUT2D eigenvalue weighted by Gasteiger charge is 2.33. The highest BCUT2D eigenvalue weighted by Crippen LogP contribution is 2.39. The quantitative estimate of drug-likeness (QED) is 0.835. The van der Waals surface area contributed by atoms with Crippen molar-refractivity contribution in [2.75, 3.05) is 20.8 Å². The molecule has 0 spiro atoms. The van der Waals surface area contributed by atoms with Gasteiger partial charge >= 0.3 is 0 Å². The van der Waals surface area contributed by atoms with Crippen LogP contribution >= 0.6 is 12.4 Å². The van der Waals surface area contributed by atoms with Gasteiger partial charge in [-0.25, -0.2) is 0 Å². The van der Waals surface area contributed by atoms with E-state index in [9.17, 15) is 9.90 Å². The number of nitrogens with two attached hydrogens (primary N) is 1. The molecule has 0 bridgehead atoms. The molecule has 27 heavy (non-hydrogen) atoms. The SMILES string of the molecule is COc1ccc(OC)c2c1CN(C(=O)C(N)c1ccc(C)cc1)CC2O.Cl. The van der Waals surface area contributed by atoms with Gasteiger partial charge in [-0.3, -0.25) is 4.79 Å². The van der Waals surface area contributed by atoms with Crippen LogP contribution in [0.3, 0.4) is 0 Å². The third-order valence-corrected chi connectivity index (χ3v) is 4.80. The van der Waals surface area contributed by atoms with Crippen LogP contribution < -0.4 is 15.2 Å². The predicted molar refractivity (Wildman–Crippen MR) is 105 cm³/mol. The van der Waals surface area contributed by atoms with Crippen molar-refractivity contribution in [2.24, 2.45) is 5.73 Å². The molecule has 0 radical (unpaired) electrons. The summed E-state index contributed by atoms with van der Waals surface area (Å²) >= 11 is 0. The average molecular weight is 393 g/mol. The first-order valence-corrected chi connectivity index (χ1v) is 8.49. The van der Waals surface area contributed by atoms with Gasteiger partial charge in [0.1, 0.15) is 23.6 Å². The lowest BCUT2D eigenvalue weighted by Gasteiger charge is -2.35. The Balaban J connectivity index is 0.00000261. The maximum absolute atomic E-state index is 12.9. The fraction of sp³-hybridized carbons (Fsp3) is 0.350. The number of amides is 1. The molecule has 0 aromatic heterocycles. The molecule has 0 saturated heterocycles. The van der Waals surface area contributed by atoms with E-state index in [1.807, 2.05) is 31.2 Å². The van der Waals surface area contributed by atoms with Crippen molar-refractivity contribution in [3.05, 3.63) is 58.7 Å². The normalized spacial score (nSPS) is 16.8. The highest BCUT2D eigenvalue weighted by molar-refractivity contribution is 5.85. The fourth-order valence-corrected chi connectivity index (χ4v) is 3.36. The van der Waals surface area contributed by atoms with Gasteiger partial charge in [0, 0.05) is 17.7 Å². The Morgan fingerprint density at radius 1 is 1.15 bits per heavy atom. The summed E-state index contributed by atoms with van der Waals surface area (Å²) in [6.07, 6.45) is -0.863. The number of benzene rings is 2. The number of carbonyl (C=O) groups excluding carboxylic acids is 1. The first kappa shape index (κ1) is 21.0. The second-order valence-electron chi connectivity index (χ2n) is 6.49. The van der Waals surface area contributed by atoms with Crippen LogP contribution in [0.25, 0.3) is 0 Å². The van der Waals surface area contributed by atoms with Crippen LogP contribution in [-0.2, 0) is 11.3 Å². The minimum Gasteiger partial charge on any atom is -0.496 e. The molecule has 1 aliphatic heterocycles. The minimum atomic E-state index is -0.863. The van der Waals surface area contributed by atoms with Crippen LogP contribution in [0, 0.1) is 6.92 Å². The maximum Gasteiger partial charge on any atom is 0.244 e. The molecule has 2 aromatic carbocycles. The summed E-state index contributed by atoms with van der Waals surface area (Å²) in [5.74, 6) is 0.966. The first-order valence-electron chi connectivity index (χ1n) is 8.49. The van der Waals surface area contributed by atoms with Crippen LogP contribution in [0.15, 0.2) is 36.4 Å². The number of halogens is 1. The molecule has 7 heteroatoms. The number of fused-ring (bicyclic) bond motifs is 1. The third-order valence-electron chi connectivity index (χ3n) is 4.80. The lowest BCUT2D eigenvalue weighted by Crippen LogP contribution is -2.43. The summed E-state index contributed by atoms with van der Waals surface area (Å²) in [6, 6.07) is 10.3. The van der Waals surface area contributed by atoms with Crippen LogP contribution in [0.2, 0.25) is 0 Å². The summed E-state index contributed by atoms with van der Waals surface area (Å²) in [5.41, 5.74) is 9.45. The number of carbonyl (C=O) groups is 1. The molecule has 1 amide bonds. The van der Waals surface area contributed by atoms with Crippen molar-refractivity contribution >= 4 is 18.3 Å². The predicted octanol–water partition coefficient (Wildman–Crippen LogP) is 2.51. The summed E-state index contributed by atoms with van der Waals surface area (Å²) in [5, 5.41) is 10.6. The van der Waals surface area contributed by atoms with Crippen molar-refractivity contribution in [3.63, 3.8) is 0 Å². The van der Waals surface area contributed by atoms with E-state index in [-0.39, 0.29) is 24.9 Å². The molecule has 6 nitrogen and oxygen atoms in total. The van der Waals surface area contributed by atoms with Crippen LogP contribution in [0.4, 0.5) is 0 Å². The number of aliphatic hydroxyl groups excluding tert-OH is 1. The van der Waals surface area contributed by atoms with Gasteiger partial charge in [0.15, 0.2) is 0 Å². The maximum atomic E-state index is 12.9. The molecule has 1 heterocycles. The molecule has 3 N–H and O–H groups in total. The highest BCUT2D eigenvalue weighted by atomic mass is 35.5. The number of hydrogen-bond acceptors (Lipinski definition) is 5. The number of aryl methyl sites for hydroxylation is 1. The molecule has 3 rings (SSSR count). The second-order valence-corrected chi connectivity index (χ2v) is 6.49. The van der Waals surface area contributed by atoms with Gasteiger partial charge in [0.25, 0.3) is 0 Å². The van der Waals surface area contributed by atoms with Gasteiger partial charge in [-0.15, -0.1) is 12.4 Å². The first-order chi connectivity index (χ1) is 12.5. The minimum absolute atomic E-state index is 0. The average Bonchev–Trinajstić information content (AvgIpc) is 2.66. The standard InChI is InChI=1S/C20H24N2O4.ClH/c1-12-4-6-13(7-5-12)19(21)20(24)22-10-14-16(25-2)8-9-17(26-3)18(14)15(23)11-22;/h4-9,15,19,23H,10-11,21H2,1-3H3;1H. The lowest BCUT2D eigenvalue weighted by atomic mass is 9.94. The molecule has 2 unspecified atom stereocenters. The molecular weight excluding hydrogens is 368 g/mol. The van der Waals surface area contributed by atoms with Crippen molar-refractivity contribution in [1.29, 1.82) is 0 Å². The number of ether oxygens (including phenoxy) is 2. The molecule has 2 aromatic rings. The van der Waals surface area contributed by atoms with Gasteiger partial charge in [0.2, 0.25) is 5.91 Å². The van der Waals surface area contributed by atoms with Gasteiger partial charge < -0.3 is 25.2 Å². The fourth-order valence-electron chi connectivity index (χ4n) is 3.36. The number of hydrogen-bond donors (Lipinski definition) is 2. The smallest absolute Gasteiger partial charge is 0.244 e. The van der Waals surface area contributed by atoms with Crippen molar-refractivity contribution in [2.45, 2.75) is 25.6 Å². The van der Waals surface area contributed by atoms with E-state index in [0.717, 1.165) is 16.7 Å². The molecule has 1 aliphatic rings. The zero-order valence-corrected chi connectivity index (χ0v) is 16.5. The molecule has 0 saturated carbocycles. The number of aliphatic hydroxyl groups is 1. The Kier molecular flexibility index (Phi) is 6.70. The van der Waals surface area contributed by atoms with Crippen molar-refractivity contribution < 1.29 is 19.4 Å². The van der Waals surface area contributed by atoms with Gasteiger partial charge in [-0.05, 0) is 24.6 Å². The molecule has 0 aliphatic carbocycles. The number of rotatable bonds is 4. The zero-order valence-electron chi connectivity index (χ0n) is 15.6. The van der Waals surface area contributed by atoms with Crippen LogP contribution in [0.1, 0.15) is 34.4 Å². The zero-order chi connectivity index (χ0) is 18.8. The van der Waals surface area contributed by atoms with Gasteiger partial charge in [0.05, 0.1) is 20.8 Å². The van der Waals surface area contributed by atoms with Crippen LogP contribution in [-0.4, -0.2) is 36.7 Å². The Hall–Kier alpha value is -2.28. The molecule has 0 fully saturated rings. The third kappa shape index (κ3) is 4.03. The number of nitrogens with zero attached hydrogens (tertiary/aromatic N) is 1. The summed E-state index contributed by atoms with van der Waals surface area (Å²) in [7, 11) is 3.12. The van der Waals surface area contributed by atoms with Gasteiger partial charge in [-0.1, -0.05) is 29.8 Å². The van der Waals surface area contributed by atoms with Crippen LogP contribution in [0.5, 0.6) is 11.5 Å². The van der Waals surface area contributed by atoms with E-state index < -0.39 is 12.1 Å². The van der Waals surface area contributed by atoms with E-state index in [4.69, 9.17) is 15.2 Å².